The van der Waals surface area contributed by atoms with Crippen LogP contribution in [0.5, 0.6) is 0 Å². The first-order chi connectivity index (χ1) is 10.4. The van der Waals surface area contributed by atoms with Crippen molar-refractivity contribution in [3.8, 4) is 0 Å². The highest BCUT2D eigenvalue weighted by Gasteiger charge is 2.17. The van der Waals surface area contributed by atoms with E-state index in [-0.39, 0.29) is 12.3 Å². The smallest absolute Gasteiger partial charge is 0.312 e. The fourth-order valence-electron chi connectivity index (χ4n) is 1.69. The van der Waals surface area contributed by atoms with Gasteiger partial charge in [0.25, 0.3) is 0 Å². The molecule has 0 aromatic heterocycles. The van der Waals surface area contributed by atoms with E-state index in [1.165, 1.54) is 0 Å². The number of carbonyl (C=O) groups excluding carboxylic acids is 2. The number of hydrogen-bond acceptors (Lipinski definition) is 3. The number of amides is 3. The van der Waals surface area contributed by atoms with Gasteiger partial charge in [0.05, 0.1) is 12.5 Å². The van der Waals surface area contributed by atoms with Crippen LogP contribution in [0.3, 0.4) is 0 Å². The van der Waals surface area contributed by atoms with E-state index >= 15 is 0 Å². The third-order valence-corrected chi connectivity index (χ3v) is 3.13. The predicted molar refractivity (Wildman–Crippen MR) is 89.1 cm³/mol. The second-order valence-electron chi connectivity index (χ2n) is 4.35. The molecule has 120 valence electrons. The molecule has 0 radical (unpaired) electrons. The molecule has 0 heterocycles. The number of nitrogens with one attached hydrogen (secondary N) is 4. The molecule has 22 heavy (non-hydrogen) atoms. The summed E-state index contributed by atoms with van der Waals surface area (Å²) in [6.45, 7) is 2.52. The van der Waals surface area contributed by atoms with E-state index in [2.05, 4.69) is 21.5 Å². The van der Waals surface area contributed by atoms with Crippen molar-refractivity contribution in [1.82, 2.24) is 21.5 Å². The Kier molecular flexibility index (Phi) is 7.41. The van der Waals surface area contributed by atoms with E-state index in [1.54, 1.807) is 24.3 Å². The van der Waals surface area contributed by atoms with Crippen LogP contribution in [0.15, 0.2) is 24.3 Å². The number of hydrogen-bond donors (Lipinski definition) is 5. The fraction of sp³-hybridized carbons (Fsp3) is 0.308. The molecule has 0 saturated heterocycles. The van der Waals surface area contributed by atoms with Crippen molar-refractivity contribution in [3.05, 3.63) is 34.9 Å². The number of benzene rings is 1. The number of thiocarbonyl (C=S) groups is 1. The number of nitrogens with two attached hydrogens (primary N) is 1. The summed E-state index contributed by atoms with van der Waals surface area (Å²) in [4.78, 5) is 23.0. The lowest BCUT2D eigenvalue weighted by atomic mass is 10.0. The molecular weight excluding hydrogens is 326 g/mol. The Morgan fingerprint density at radius 1 is 1.27 bits per heavy atom. The third-order valence-electron chi connectivity index (χ3n) is 2.63. The molecule has 0 aliphatic rings. The van der Waals surface area contributed by atoms with Gasteiger partial charge in [0.1, 0.15) is 0 Å². The number of carbonyl (C=O) groups is 2. The van der Waals surface area contributed by atoms with Crippen molar-refractivity contribution in [2.24, 2.45) is 5.73 Å². The van der Waals surface area contributed by atoms with E-state index in [9.17, 15) is 9.59 Å². The minimum atomic E-state index is -0.719. The van der Waals surface area contributed by atoms with Crippen LogP contribution in [-0.4, -0.2) is 23.6 Å². The quantitative estimate of drug-likeness (QED) is 0.404. The van der Waals surface area contributed by atoms with Gasteiger partial charge >= 0.3 is 6.03 Å². The van der Waals surface area contributed by atoms with E-state index in [0.29, 0.717) is 22.2 Å². The summed E-state index contributed by atoms with van der Waals surface area (Å²) in [6, 6.07) is 5.49. The molecule has 0 aliphatic heterocycles. The molecule has 0 unspecified atom stereocenters. The van der Waals surface area contributed by atoms with Crippen LogP contribution >= 0.6 is 23.8 Å². The first-order valence-corrected chi connectivity index (χ1v) is 7.35. The van der Waals surface area contributed by atoms with Gasteiger partial charge in [-0.1, -0.05) is 23.7 Å². The molecule has 1 aromatic carbocycles. The first-order valence-electron chi connectivity index (χ1n) is 6.56. The summed E-state index contributed by atoms with van der Waals surface area (Å²) >= 11 is 10.7. The standard InChI is InChI=1S/C13H18ClN5O2S/c1-2-16-13(22)19-18-11(20)7-10(17-12(15)21)8-3-5-9(14)6-4-8/h3-6,10H,2,7H2,1H3,(H,18,20)(H3,15,17,21)(H2,16,19,22)/t10-/m0/s1. The monoisotopic (exact) mass is 343 g/mol. The summed E-state index contributed by atoms with van der Waals surface area (Å²) < 4.78 is 0. The van der Waals surface area contributed by atoms with E-state index in [4.69, 9.17) is 29.6 Å². The second-order valence-corrected chi connectivity index (χ2v) is 5.19. The maximum Gasteiger partial charge on any atom is 0.312 e. The van der Waals surface area contributed by atoms with Crippen LogP contribution in [0.4, 0.5) is 4.79 Å². The van der Waals surface area contributed by atoms with Gasteiger partial charge < -0.3 is 16.4 Å². The molecule has 1 rings (SSSR count). The van der Waals surface area contributed by atoms with Crippen molar-refractivity contribution in [1.29, 1.82) is 0 Å². The molecular formula is C13H18ClN5O2S. The van der Waals surface area contributed by atoms with Crippen LogP contribution in [0.1, 0.15) is 24.9 Å². The number of urea groups is 1. The number of halogens is 1. The molecule has 7 nitrogen and oxygen atoms in total. The topological polar surface area (TPSA) is 108 Å². The molecule has 0 aliphatic carbocycles. The highest BCUT2D eigenvalue weighted by atomic mass is 35.5. The van der Waals surface area contributed by atoms with Crippen LogP contribution in [0.25, 0.3) is 0 Å². The Morgan fingerprint density at radius 2 is 1.91 bits per heavy atom. The van der Waals surface area contributed by atoms with Gasteiger partial charge in [-0.2, -0.15) is 0 Å². The lowest BCUT2D eigenvalue weighted by molar-refractivity contribution is -0.122. The molecule has 0 fully saturated rings. The SMILES string of the molecule is CCNC(=S)NNC(=O)C[C@H](NC(N)=O)c1ccc(Cl)cc1. The minimum Gasteiger partial charge on any atom is -0.362 e. The zero-order valence-corrected chi connectivity index (χ0v) is 13.6. The average Bonchev–Trinajstić information content (AvgIpc) is 2.45. The third kappa shape index (κ3) is 6.59. The van der Waals surface area contributed by atoms with Crippen LogP contribution in [0, 0.1) is 0 Å². The number of primary amides is 1. The van der Waals surface area contributed by atoms with Gasteiger partial charge in [0, 0.05) is 11.6 Å². The van der Waals surface area contributed by atoms with E-state index < -0.39 is 12.1 Å². The normalized spacial score (nSPS) is 11.2. The first kappa shape index (κ1) is 18.0. The Balaban J connectivity index is 2.65. The fourth-order valence-corrected chi connectivity index (χ4v) is 2.01. The van der Waals surface area contributed by atoms with Gasteiger partial charge in [0.15, 0.2) is 5.11 Å². The van der Waals surface area contributed by atoms with Gasteiger partial charge in [-0.3, -0.25) is 15.6 Å². The van der Waals surface area contributed by atoms with Crippen molar-refractivity contribution in [2.45, 2.75) is 19.4 Å². The molecule has 1 aromatic rings. The average molecular weight is 344 g/mol. The van der Waals surface area contributed by atoms with Crippen molar-refractivity contribution < 1.29 is 9.59 Å². The molecule has 6 N–H and O–H groups in total. The van der Waals surface area contributed by atoms with Gasteiger partial charge in [-0.25, -0.2) is 4.79 Å². The van der Waals surface area contributed by atoms with Crippen LogP contribution in [-0.2, 0) is 4.79 Å². The van der Waals surface area contributed by atoms with E-state index in [1.807, 2.05) is 6.92 Å². The minimum absolute atomic E-state index is 0.00763. The molecule has 0 saturated carbocycles. The molecule has 0 spiro atoms. The zero-order chi connectivity index (χ0) is 16.5. The molecule has 3 amide bonds. The van der Waals surface area contributed by atoms with Crippen molar-refractivity contribution in [3.63, 3.8) is 0 Å². The van der Waals surface area contributed by atoms with Crippen LogP contribution < -0.4 is 27.2 Å². The van der Waals surface area contributed by atoms with Crippen molar-refractivity contribution >= 4 is 40.9 Å². The Labute approximate surface area is 138 Å². The number of hydrazine groups is 1. The lowest BCUT2D eigenvalue weighted by Crippen LogP contribution is -2.47. The largest absolute Gasteiger partial charge is 0.362 e. The molecule has 9 heteroatoms. The molecule has 0 bridgehead atoms. The van der Waals surface area contributed by atoms with Gasteiger partial charge in [-0.05, 0) is 36.8 Å². The van der Waals surface area contributed by atoms with Gasteiger partial charge in [-0.15, -0.1) is 0 Å². The maximum absolute atomic E-state index is 11.9. The Bertz CT molecular complexity index is 538. The Hall–Kier alpha value is -2.06. The summed E-state index contributed by atoms with van der Waals surface area (Å²) in [6.07, 6.45) is -0.00763. The van der Waals surface area contributed by atoms with E-state index in [0.717, 1.165) is 0 Å². The van der Waals surface area contributed by atoms with Gasteiger partial charge in [0.2, 0.25) is 5.91 Å². The summed E-state index contributed by atoms with van der Waals surface area (Å²) in [5.74, 6) is -0.353. The predicted octanol–water partition coefficient (Wildman–Crippen LogP) is 0.955. The summed E-state index contributed by atoms with van der Waals surface area (Å²) in [5.41, 5.74) is 10.9. The molecule has 1 atom stereocenters. The Morgan fingerprint density at radius 3 is 2.45 bits per heavy atom. The number of rotatable bonds is 5. The second kappa shape index (κ2) is 9.06. The van der Waals surface area contributed by atoms with Crippen molar-refractivity contribution in [2.75, 3.05) is 6.54 Å². The maximum atomic E-state index is 11.9. The van der Waals surface area contributed by atoms with Crippen LogP contribution in [0.2, 0.25) is 5.02 Å². The zero-order valence-electron chi connectivity index (χ0n) is 12.0. The lowest BCUT2D eigenvalue weighted by Gasteiger charge is -2.18. The highest BCUT2D eigenvalue weighted by molar-refractivity contribution is 7.80. The summed E-state index contributed by atoms with van der Waals surface area (Å²) in [7, 11) is 0. The highest BCUT2D eigenvalue weighted by Crippen LogP contribution is 2.19. The summed E-state index contributed by atoms with van der Waals surface area (Å²) in [5, 5.41) is 6.21.